The van der Waals surface area contributed by atoms with Crippen LogP contribution >= 0.6 is 11.6 Å². The summed E-state index contributed by atoms with van der Waals surface area (Å²) < 4.78 is 5.97. The highest BCUT2D eigenvalue weighted by Crippen LogP contribution is 2.20. The first-order valence-corrected chi connectivity index (χ1v) is 7.31. The Morgan fingerprint density at radius 3 is 2.89 bits per heavy atom. The smallest absolute Gasteiger partial charge is 0.121 e. The summed E-state index contributed by atoms with van der Waals surface area (Å²) in [6.07, 6.45) is 5.34. The molecule has 1 N–H and O–H groups in total. The predicted octanol–water partition coefficient (Wildman–Crippen LogP) is 4.44. The summed E-state index contributed by atoms with van der Waals surface area (Å²) in [6.45, 7) is 8.92. The molecule has 2 nitrogen and oxygen atoms in total. The molecule has 0 amide bonds. The first kappa shape index (κ1) is 16.1. The number of halogens is 1. The van der Waals surface area contributed by atoms with E-state index in [0.717, 1.165) is 31.6 Å². The second-order valence-electron chi connectivity index (χ2n) is 4.66. The molecule has 106 valence electrons. The van der Waals surface area contributed by atoms with Gasteiger partial charge in [-0.05, 0) is 50.9 Å². The summed E-state index contributed by atoms with van der Waals surface area (Å²) in [5, 5.41) is 4.19. The largest absolute Gasteiger partial charge is 0.489 e. The number of hydrogen-bond donors (Lipinski definition) is 1. The van der Waals surface area contributed by atoms with Crippen molar-refractivity contribution in [2.45, 2.75) is 45.3 Å². The zero-order valence-corrected chi connectivity index (χ0v) is 12.6. The van der Waals surface area contributed by atoms with Gasteiger partial charge in [-0.2, -0.15) is 0 Å². The zero-order valence-electron chi connectivity index (χ0n) is 11.9. The topological polar surface area (TPSA) is 21.3 Å². The van der Waals surface area contributed by atoms with Crippen LogP contribution < -0.4 is 10.1 Å². The Bertz CT molecular complexity index is 381. The number of nitrogens with one attached hydrogen (secondary N) is 1. The number of ether oxygens (including phenoxy) is 1. The van der Waals surface area contributed by atoms with E-state index in [4.69, 9.17) is 16.3 Å². The molecule has 2 atom stereocenters. The van der Waals surface area contributed by atoms with E-state index in [9.17, 15) is 0 Å². The molecule has 0 saturated heterocycles. The van der Waals surface area contributed by atoms with Crippen molar-refractivity contribution in [3.05, 3.63) is 41.9 Å². The van der Waals surface area contributed by atoms with Gasteiger partial charge < -0.3 is 10.1 Å². The lowest BCUT2D eigenvalue weighted by Crippen LogP contribution is -2.41. The summed E-state index contributed by atoms with van der Waals surface area (Å²) in [5.41, 5.74) is 0. The Morgan fingerprint density at radius 2 is 2.26 bits per heavy atom. The highest BCUT2D eigenvalue weighted by Gasteiger charge is 2.17. The van der Waals surface area contributed by atoms with Gasteiger partial charge in [0.25, 0.3) is 0 Å². The number of rotatable bonds is 9. The average molecular weight is 282 g/mol. The lowest BCUT2D eigenvalue weighted by atomic mass is 10.0. The molecular weight excluding hydrogens is 258 g/mol. The molecule has 0 aliphatic carbocycles. The number of hydrogen-bond acceptors (Lipinski definition) is 2. The van der Waals surface area contributed by atoms with E-state index in [1.54, 1.807) is 0 Å². The van der Waals surface area contributed by atoms with Gasteiger partial charge in [-0.3, -0.25) is 0 Å². The van der Waals surface area contributed by atoms with Gasteiger partial charge >= 0.3 is 0 Å². The second-order valence-corrected chi connectivity index (χ2v) is 5.10. The maximum Gasteiger partial charge on any atom is 0.121 e. The number of benzene rings is 1. The van der Waals surface area contributed by atoms with Crippen molar-refractivity contribution >= 4 is 11.6 Å². The third kappa shape index (κ3) is 6.13. The van der Waals surface area contributed by atoms with Gasteiger partial charge in [0.2, 0.25) is 0 Å². The molecule has 0 aromatic heterocycles. The van der Waals surface area contributed by atoms with Crippen LogP contribution in [0.2, 0.25) is 5.02 Å². The van der Waals surface area contributed by atoms with Crippen LogP contribution in [0.25, 0.3) is 0 Å². The van der Waals surface area contributed by atoms with E-state index in [1.165, 1.54) is 0 Å². The van der Waals surface area contributed by atoms with Gasteiger partial charge in [0.15, 0.2) is 0 Å². The Hall–Kier alpha value is -0.990. The molecule has 1 rings (SSSR count). The van der Waals surface area contributed by atoms with Gasteiger partial charge in [-0.1, -0.05) is 30.7 Å². The van der Waals surface area contributed by atoms with Crippen LogP contribution in [0, 0.1) is 0 Å². The van der Waals surface area contributed by atoms with Gasteiger partial charge in [0, 0.05) is 11.1 Å². The van der Waals surface area contributed by atoms with Crippen LogP contribution in [-0.2, 0) is 0 Å². The van der Waals surface area contributed by atoms with E-state index in [1.807, 2.05) is 30.3 Å². The summed E-state index contributed by atoms with van der Waals surface area (Å²) in [6, 6.07) is 7.90. The van der Waals surface area contributed by atoms with Crippen LogP contribution in [0.3, 0.4) is 0 Å². The molecule has 0 spiro atoms. The van der Waals surface area contributed by atoms with Gasteiger partial charge in [0.1, 0.15) is 11.9 Å². The highest BCUT2D eigenvalue weighted by atomic mass is 35.5. The van der Waals surface area contributed by atoms with E-state index < -0.39 is 0 Å². The van der Waals surface area contributed by atoms with Crippen molar-refractivity contribution < 1.29 is 4.74 Å². The molecule has 1 aromatic rings. The van der Waals surface area contributed by atoms with E-state index in [-0.39, 0.29) is 6.10 Å². The number of allylic oxidation sites excluding steroid dienone is 1. The van der Waals surface area contributed by atoms with Crippen molar-refractivity contribution in [1.29, 1.82) is 0 Å². The van der Waals surface area contributed by atoms with Gasteiger partial charge in [-0.15, -0.1) is 6.58 Å². The summed E-state index contributed by atoms with van der Waals surface area (Å²) in [4.78, 5) is 0. The monoisotopic (exact) mass is 281 g/mol. The lowest BCUT2D eigenvalue weighted by Gasteiger charge is -2.25. The van der Waals surface area contributed by atoms with Crippen LogP contribution in [0.1, 0.15) is 33.1 Å². The van der Waals surface area contributed by atoms with Crippen molar-refractivity contribution in [3.63, 3.8) is 0 Å². The molecule has 0 saturated carbocycles. The van der Waals surface area contributed by atoms with Gasteiger partial charge in [-0.25, -0.2) is 0 Å². The molecule has 0 aliphatic heterocycles. The molecule has 19 heavy (non-hydrogen) atoms. The van der Waals surface area contributed by atoms with E-state index in [2.05, 4.69) is 25.7 Å². The molecule has 3 heteroatoms. The van der Waals surface area contributed by atoms with Crippen LogP contribution in [0.4, 0.5) is 0 Å². The van der Waals surface area contributed by atoms with Crippen molar-refractivity contribution in [2.24, 2.45) is 0 Å². The average Bonchev–Trinajstić information content (AvgIpc) is 2.38. The number of unbranched alkanes of at least 4 members (excludes halogenated alkanes) is 1. The Kier molecular flexibility index (Phi) is 7.61. The number of likely N-dealkylation sites (N-methyl/N-ethyl adjacent to an activating group) is 1. The minimum atomic E-state index is 0.114. The molecule has 0 fully saturated rings. The van der Waals surface area contributed by atoms with E-state index in [0.29, 0.717) is 11.1 Å². The fourth-order valence-electron chi connectivity index (χ4n) is 2.08. The van der Waals surface area contributed by atoms with Crippen LogP contribution in [0.5, 0.6) is 5.75 Å². The van der Waals surface area contributed by atoms with Crippen molar-refractivity contribution in [2.75, 3.05) is 6.54 Å². The van der Waals surface area contributed by atoms with Crippen molar-refractivity contribution in [1.82, 2.24) is 5.32 Å². The minimum Gasteiger partial charge on any atom is -0.489 e. The lowest BCUT2D eigenvalue weighted by molar-refractivity contribution is 0.164. The normalized spacial score (nSPS) is 13.8. The van der Waals surface area contributed by atoms with Crippen molar-refractivity contribution in [3.8, 4) is 5.75 Å². The molecular formula is C16H24ClNO. The summed E-state index contributed by atoms with van der Waals surface area (Å²) in [7, 11) is 0. The fourth-order valence-corrected chi connectivity index (χ4v) is 2.26. The maximum absolute atomic E-state index is 5.97. The molecule has 1 aromatic carbocycles. The van der Waals surface area contributed by atoms with E-state index >= 15 is 0 Å². The third-order valence-electron chi connectivity index (χ3n) is 3.07. The Morgan fingerprint density at radius 1 is 1.47 bits per heavy atom. The zero-order chi connectivity index (χ0) is 14.1. The second kappa shape index (κ2) is 9.00. The standard InChI is InChI=1S/C16H24ClNO/c1-4-6-7-11-16(18-5-2)13(3)19-15-10-8-9-14(17)12-15/h4,8-10,12-13,16,18H,1,5-7,11H2,2-3H3. The highest BCUT2D eigenvalue weighted by molar-refractivity contribution is 6.30. The van der Waals surface area contributed by atoms with Crippen LogP contribution in [-0.4, -0.2) is 18.7 Å². The molecule has 0 bridgehead atoms. The fraction of sp³-hybridized carbons (Fsp3) is 0.500. The third-order valence-corrected chi connectivity index (χ3v) is 3.31. The molecule has 0 aliphatic rings. The molecule has 0 radical (unpaired) electrons. The molecule has 0 heterocycles. The van der Waals surface area contributed by atoms with Gasteiger partial charge in [0.05, 0.1) is 0 Å². The predicted molar refractivity (Wildman–Crippen MR) is 83.1 cm³/mol. The quantitative estimate of drug-likeness (QED) is 0.534. The molecule has 2 unspecified atom stereocenters. The SMILES string of the molecule is C=CCCCC(NCC)C(C)Oc1cccc(Cl)c1. The summed E-state index contributed by atoms with van der Waals surface area (Å²) >= 11 is 5.96. The summed E-state index contributed by atoms with van der Waals surface area (Å²) in [5.74, 6) is 0.826. The first-order valence-electron chi connectivity index (χ1n) is 6.93. The van der Waals surface area contributed by atoms with Crippen LogP contribution in [0.15, 0.2) is 36.9 Å². The Labute approximate surface area is 121 Å². The minimum absolute atomic E-state index is 0.114. The maximum atomic E-state index is 5.97. The Balaban J connectivity index is 2.55. The first-order chi connectivity index (χ1) is 9.17.